The van der Waals surface area contributed by atoms with Crippen LogP contribution >= 0.6 is 39.1 Å². The molecule has 2 aromatic carbocycles. The maximum absolute atomic E-state index is 6.33. The van der Waals surface area contributed by atoms with Crippen molar-refractivity contribution < 1.29 is 0 Å². The molecule has 0 saturated carbocycles. The average Bonchev–Trinajstić information content (AvgIpc) is 2.36. The van der Waals surface area contributed by atoms with Crippen molar-refractivity contribution in [2.24, 2.45) is 5.73 Å². The summed E-state index contributed by atoms with van der Waals surface area (Å²) in [6, 6.07) is 9.26. The molecule has 0 aromatic heterocycles. The van der Waals surface area contributed by atoms with E-state index in [9.17, 15) is 0 Å². The summed E-state index contributed by atoms with van der Waals surface area (Å²) < 4.78 is 0.929. The van der Waals surface area contributed by atoms with Crippen LogP contribution in [0.4, 0.5) is 0 Å². The van der Waals surface area contributed by atoms with Crippen molar-refractivity contribution in [1.29, 1.82) is 0 Å². The van der Waals surface area contributed by atoms with Crippen molar-refractivity contribution in [2.45, 2.75) is 19.9 Å². The molecule has 0 spiro atoms. The largest absolute Gasteiger partial charge is 0.320 e. The fourth-order valence-corrected chi connectivity index (χ4v) is 2.97. The van der Waals surface area contributed by atoms with E-state index in [1.807, 2.05) is 37.3 Å². The molecule has 1 unspecified atom stereocenters. The molecule has 2 rings (SSSR count). The highest BCUT2D eigenvalue weighted by atomic mass is 79.9. The Morgan fingerprint density at radius 1 is 1.00 bits per heavy atom. The van der Waals surface area contributed by atoms with Crippen molar-refractivity contribution >= 4 is 39.1 Å². The summed E-state index contributed by atoms with van der Waals surface area (Å²) in [6.45, 7) is 4.08. The van der Waals surface area contributed by atoms with E-state index in [0.717, 1.165) is 21.2 Å². The van der Waals surface area contributed by atoms with Crippen molar-refractivity contribution in [2.75, 3.05) is 0 Å². The minimum absolute atomic E-state index is 0.306. The third kappa shape index (κ3) is 3.14. The molecule has 100 valence electrons. The lowest BCUT2D eigenvalue weighted by atomic mass is 9.96. The van der Waals surface area contributed by atoms with Gasteiger partial charge in [-0.1, -0.05) is 45.2 Å². The summed E-state index contributed by atoms with van der Waals surface area (Å²) in [5.41, 5.74) is 10.5. The number of benzene rings is 2. The Bertz CT molecular complexity index is 626. The zero-order valence-corrected chi connectivity index (χ0v) is 13.8. The lowest BCUT2D eigenvalue weighted by Gasteiger charge is -2.18. The highest BCUT2D eigenvalue weighted by Gasteiger charge is 2.16. The number of rotatable bonds is 2. The van der Waals surface area contributed by atoms with Gasteiger partial charge in [-0.15, -0.1) is 0 Å². The van der Waals surface area contributed by atoms with Crippen LogP contribution in [0.2, 0.25) is 10.0 Å². The molecule has 2 N–H and O–H groups in total. The lowest BCUT2D eigenvalue weighted by Crippen LogP contribution is -2.13. The molecule has 0 fully saturated rings. The van der Waals surface area contributed by atoms with Gasteiger partial charge in [0, 0.05) is 14.5 Å². The van der Waals surface area contributed by atoms with Crippen LogP contribution in [0.3, 0.4) is 0 Å². The first kappa shape index (κ1) is 14.9. The number of hydrogen-bond acceptors (Lipinski definition) is 1. The molecule has 0 amide bonds. The zero-order valence-electron chi connectivity index (χ0n) is 10.7. The summed E-state index contributed by atoms with van der Waals surface area (Å²) in [4.78, 5) is 0. The number of halogens is 3. The van der Waals surface area contributed by atoms with Gasteiger partial charge in [-0.2, -0.15) is 0 Å². The molecule has 4 heteroatoms. The van der Waals surface area contributed by atoms with Gasteiger partial charge in [0.05, 0.1) is 6.04 Å². The summed E-state index contributed by atoms with van der Waals surface area (Å²) >= 11 is 15.8. The van der Waals surface area contributed by atoms with Crippen molar-refractivity contribution in [3.63, 3.8) is 0 Å². The van der Waals surface area contributed by atoms with Crippen LogP contribution in [0.15, 0.2) is 34.8 Å². The van der Waals surface area contributed by atoms with Crippen molar-refractivity contribution in [1.82, 2.24) is 0 Å². The second kappa shape index (κ2) is 5.84. The van der Waals surface area contributed by atoms with E-state index in [1.54, 1.807) is 0 Å². The van der Waals surface area contributed by atoms with E-state index in [-0.39, 0.29) is 6.04 Å². The van der Waals surface area contributed by atoms with Gasteiger partial charge >= 0.3 is 0 Å². The van der Waals surface area contributed by atoms with Crippen LogP contribution in [-0.2, 0) is 0 Å². The van der Waals surface area contributed by atoms with E-state index in [1.165, 1.54) is 5.56 Å². The van der Waals surface area contributed by atoms with E-state index in [2.05, 4.69) is 22.9 Å². The molecule has 1 atom stereocenters. The number of aryl methyl sites for hydroxylation is 2. The molecule has 0 bridgehead atoms. The average molecular weight is 359 g/mol. The summed E-state index contributed by atoms with van der Waals surface area (Å²) in [5.74, 6) is 0. The fourth-order valence-electron chi connectivity index (χ4n) is 1.96. The predicted octanol–water partition coefficient (Wildman–Crippen LogP) is 5.42. The molecule has 0 aliphatic heterocycles. The molecule has 1 nitrogen and oxygen atoms in total. The van der Waals surface area contributed by atoms with Gasteiger partial charge in [0.2, 0.25) is 0 Å². The van der Waals surface area contributed by atoms with Crippen LogP contribution < -0.4 is 5.73 Å². The first-order valence-corrected chi connectivity index (χ1v) is 7.42. The highest BCUT2D eigenvalue weighted by molar-refractivity contribution is 9.10. The Morgan fingerprint density at radius 3 is 2.32 bits per heavy atom. The molecule has 19 heavy (non-hydrogen) atoms. The second-order valence-corrected chi connectivity index (χ2v) is 6.30. The standard InChI is InChI=1S/C15H14BrCl2N/c1-8-5-12(14(18)6-9(8)2)15(19)11-7-10(17)3-4-13(11)16/h3-7,15H,19H2,1-2H3. The Hall–Kier alpha value is -0.540. The quantitative estimate of drug-likeness (QED) is 0.761. The predicted molar refractivity (Wildman–Crippen MR) is 86.1 cm³/mol. The van der Waals surface area contributed by atoms with Crippen LogP contribution in [-0.4, -0.2) is 0 Å². The van der Waals surface area contributed by atoms with E-state index in [4.69, 9.17) is 28.9 Å². The molecule has 0 aliphatic rings. The summed E-state index contributed by atoms with van der Waals surface area (Å²) in [5, 5.41) is 1.34. The normalized spacial score (nSPS) is 12.5. The van der Waals surface area contributed by atoms with Gasteiger partial charge in [0.1, 0.15) is 0 Å². The van der Waals surface area contributed by atoms with Crippen LogP contribution in [0.5, 0.6) is 0 Å². The molecular formula is C15H14BrCl2N. The summed E-state index contributed by atoms with van der Waals surface area (Å²) in [7, 11) is 0. The number of nitrogens with two attached hydrogens (primary N) is 1. The molecule has 0 saturated heterocycles. The van der Waals surface area contributed by atoms with Gasteiger partial charge in [-0.05, 0) is 60.4 Å². The van der Waals surface area contributed by atoms with E-state index < -0.39 is 0 Å². The van der Waals surface area contributed by atoms with Gasteiger partial charge in [-0.25, -0.2) is 0 Å². The fraction of sp³-hybridized carbons (Fsp3) is 0.200. The minimum Gasteiger partial charge on any atom is -0.320 e. The van der Waals surface area contributed by atoms with Gasteiger partial charge in [-0.3, -0.25) is 0 Å². The third-order valence-electron chi connectivity index (χ3n) is 3.24. The maximum Gasteiger partial charge on any atom is 0.0578 e. The Labute approximate surface area is 131 Å². The molecule has 0 radical (unpaired) electrons. The van der Waals surface area contributed by atoms with Crippen LogP contribution in [0, 0.1) is 13.8 Å². The highest BCUT2D eigenvalue weighted by Crippen LogP contribution is 2.33. The van der Waals surface area contributed by atoms with Crippen molar-refractivity contribution in [3.8, 4) is 0 Å². The van der Waals surface area contributed by atoms with Gasteiger partial charge in [0.15, 0.2) is 0 Å². The zero-order chi connectivity index (χ0) is 14.2. The lowest BCUT2D eigenvalue weighted by molar-refractivity contribution is 0.863. The molecule has 2 aromatic rings. The van der Waals surface area contributed by atoms with Crippen LogP contribution in [0.1, 0.15) is 28.3 Å². The summed E-state index contributed by atoms with van der Waals surface area (Å²) in [6.07, 6.45) is 0. The SMILES string of the molecule is Cc1cc(Cl)c(C(N)c2cc(Cl)ccc2Br)cc1C. The minimum atomic E-state index is -0.306. The van der Waals surface area contributed by atoms with Crippen molar-refractivity contribution in [3.05, 3.63) is 67.1 Å². The van der Waals surface area contributed by atoms with E-state index in [0.29, 0.717) is 10.0 Å². The Morgan fingerprint density at radius 2 is 1.63 bits per heavy atom. The second-order valence-electron chi connectivity index (χ2n) is 4.60. The topological polar surface area (TPSA) is 26.0 Å². The Balaban J connectivity index is 2.52. The first-order chi connectivity index (χ1) is 8.90. The smallest absolute Gasteiger partial charge is 0.0578 e. The molecule has 0 heterocycles. The molecule has 0 aliphatic carbocycles. The van der Waals surface area contributed by atoms with Gasteiger partial charge < -0.3 is 5.73 Å². The number of hydrogen-bond donors (Lipinski definition) is 1. The molecular weight excluding hydrogens is 345 g/mol. The monoisotopic (exact) mass is 357 g/mol. The Kier molecular flexibility index (Phi) is 4.57. The van der Waals surface area contributed by atoms with E-state index >= 15 is 0 Å². The third-order valence-corrected chi connectivity index (χ3v) is 4.53. The first-order valence-electron chi connectivity index (χ1n) is 5.87. The van der Waals surface area contributed by atoms with Gasteiger partial charge in [0.25, 0.3) is 0 Å². The maximum atomic E-state index is 6.33. The van der Waals surface area contributed by atoms with Crippen LogP contribution in [0.25, 0.3) is 0 Å².